The summed E-state index contributed by atoms with van der Waals surface area (Å²) >= 11 is 5.99. The minimum atomic E-state index is -1.00. The molecule has 0 radical (unpaired) electrons. The van der Waals surface area contributed by atoms with E-state index < -0.39 is 30.0 Å². The summed E-state index contributed by atoms with van der Waals surface area (Å²) in [6.45, 7) is -0.00342. The standard InChI is InChI=1S/C26H39ClN4O6/c1-30(2)23(32)14-13-21(25(34)31(3)36-4)28-24(33)22(16-18-9-6-5-7-10-18)29-26(35)37-17-19-11-8-12-20(27)15-19/h8,11-12,15,18,21-22H,5-7,9-10,13-14,16-17H2,1-4H3,(H,28,33)(H,29,35)/t21-,22-/m0/s1. The molecule has 0 aliphatic heterocycles. The highest BCUT2D eigenvalue weighted by atomic mass is 35.5. The van der Waals surface area contributed by atoms with Crippen LogP contribution in [0.15, 0.2) is 24.3 Å². The van der Waals surface area contributed by atoms with E-state index in [0.29, 0.717) is 11.4 Å². The molecule has 1 aromatic carbocycles. The summed E-state index contributed by atoms with van der Waals surface area (Å²) in [6.07, 6.45) is 5.07. The number of nitrogens with one attached hydrogen (secondary N) is 2. The van der Waals surface area contributed by atoms with Crippen LogP contribution in [0.1, 0.15) is 56.9 Å². The number of rotatable bonds is 12. The van der Waals surface area contributed by atoms with Gasteiger partial charge in [0, 0.05) is 32.6 Å². The molecule has 0 spiro atoms. The smallest absolute Gasteiger partial charge is 0.408 e. The Hall–Kier alpha value is -2.85. The van der Waals surface area contributed by atoms with Gasteiger partial charge in [-0.2, -0.15) is 0 Å². The zero-order valence-electron chi connectivity index (χ0n) is 22.1. The Bertz CT molecular complexity index is 922. The van der Waals surface area contributed by atoms with Crippen LogP contribution in [-0.4, -0.2) is 74.1 Å². The topological polar surface area (TPSA) is 117 Å². The van der Waals surface area contributed by atoms with Crippen LogP contribution >= 0.6 is 11.6 Å². The fourth-order valence-corrected chi connectivity index (χ4v) is 4.49. The lowest BCUT2D eigenvalue weighted by Gasteiger charge is -2.28. The lowest BCUT2D eigenvalue weighted by molar-refractivity contribution is -0.172. The van der Waals surface area contributed by atoms with Crippen molar-refractivity contribution < 1.29 is 28.8 Å². The zero-order valence-corrected chi connectivity index (χ0v) is 22.9. The normalized spacial score (nSPS) is 15.3. The molecule has 37 heavy (non-hydrogen) atoms. The molecule has 1 aliphatic rings. The molecule has 1 aromatic rings. The summed E-state index contributed by atoms with van der Waals surface area (Å²) in [7, 11) is 6.02. The van der Waals surface area contributed by atoms with Crippen molar-refractivity contribution in [3.05, 3.63) is 34.9 Å². The van der Waals surface area contributed by atoms with E-state index in [0.717, 1.165) is 42.7 Å². The van der Waals surface area contributed by atoms with Crippen LogP contribution in [0.3, 0.4) is 0 Å². The maximum Gasteiger partial charge on any atom is 0.408 e. The van der Waals surface area contributed by atoms with Crippen molar-refractivity contribution >= 4 is 35.4 Å². The van der Waals surface area contributed by atoms with Gasteiger partial charge in [0.1, 0.15) is 18.7 Å². The highest BCUT2D eigenvalue weighted by Gasteiger charge is 2.31. The molecule has 4 amide bonds. The monoisotopic (exact) mass is 538 g/mol. The second kappa shape index (κ2) is 15.4. The van der Waals surface area contributed by atoms with Gasteiger partial charge in [0.15, 0.2) is 0 Å². The highest BCUT2D eigenvalue weighted by Crippen LogP contribution is 2.27. The van der Waals surface area contributed by atoms with E-state index in [2.05, 4.69) is 10.6 Å². The molecule has 1 aliphatic carbocycles. The predicted molar refractivity (Wildman–Crippen MR) is 139 cm³/mol. The van der Waals surface area contributed by atoms with Crippen molar-refractivity contribution in [2.45, 2.75) is 70.1 Å². The van der Waals surface area contributed by atoms with Gasteiger partial charge in [-0.1, -0.05) is 55.8 Å². The fraction of sp³-hybridized carbons (Fsp3) is 0.615. The number of likely N-dealkylation sites (N-methyl/N-ethyl adjacent to an activating group) is 1. The molecule has 2 N–H and O–H groups in total. The molecule has 1 fully saturated rings. The summed E-state index contributed by atoms with van der Waals surface area (Å²) in [6, 6.07) is 5.05. The van der Waals surface area contributed by atoms with Gasteiger partial charge in [-0.25, -0.2) is 9.86 Å². The molecule has 1 saturated carbocycles. The molecule has 0 aromatic heterocycles. The summed E-state index contributed by atoms with van der Waals surface area (Å²) in [5.74, 6) is -0.912. The Morgan fingerprint density at radius 1 is 1.05 bits per heavy atom. The van der Waals surface area contributed by atoms with Gasteiger partial charge >= 0.3 is 6.09 Å². The van der Waals surface area contributed by atoms with Gasteiger partial charge in [-0.05, 0) is 36.5 Å². The average Bonchev–Trinajstić information content (AvgIpc) is 2.88. The van der Waals surface area contributed by atoms with E-state index in [1.165, 1.54) is 19.1 Å². The second-order valence-corrected chi connectivity index (χ2v) is 9.99. The van der Waals surface area contributed by atoms with Crippen LogP contribution in [0.2, 0.25) is 5.02 Å². The number of nitrogens with zero attached hydrogens (tertiary/aromatic N) is 2. The van der Waals surface area contributed by atoms with Gasteiger partial charge in [0.05, 0.1) is 7.11 Å². The first kappa shape index (κ1) is 30.4. The molecule has 206 valence electrons. The van der Waals surface area contributed by atoms with Gasteiger partial charge in [0.2, 0.25) is 11.8 Å². The third-order valence-electron chi connectivity index (χ3n) is 6.51. The Morgan fingerprint density at radius 3 is 2.38 bits per heavy atom. The molecule has 10 nitrogen and oxygen atoms in total. The first-order chi connectivity index (χ1) is 17.6. The predicted octanol–water partition coefficient (Wildman–Crippen LogP) is 3.28. The zero-order chi connectivity index (χ0) is 27.4. The van der Waals surface area contributed by atoms with Crippen LogP contribution in [0.25, 0.3) is 0 Å². The molecule has 0 saturated heterocycles. The van der Waals surface area contributed by atoms with E-state index in [9.17, 15) is 19.2 Å². The number of carbonyl (C=O) groups is 4. The molecule has 2 rings (SSSR count). The van der Waals surface area contributed by atoms with Crippen molar-refractivity contribution in [3.63, 3.8) is 0 Å². The van der Waals surface area contributed by atoms with Gasteiger partial charge in [0.25, 0.3) is 5.91 Å². The SMILES string of the molecule is CON(C)C(=O)[C@H](CCC(=O)N(C)C)NC(=O)[C@H](CC1CCCCC1)NC(=O)OCc1cccc(Cl)c1. The molecule has 0 heterocycles. The number of benzene rings is 1. The third kappa shape index (κ3) is 10.6. The molecule has 11 heteroatoms. The van der Waals surface area contributed by atoms with Crippen LogP contribution in [0, 0.1) is 5.92 Å². The van der Waals surface area contributed by atoms with E-state index in [1.807, 2.05) is 0 Å². The summed E-state index contributed by atoms with van der Waals surface area (Å²) in [5.41, 5.74) is 0.717. The van der Waals surface area contributed by atoms with Crippen LogP contribution in [0.4, 0.5) is 4.79 Å². The van der Waals surface area contributed by atoms with Crippen molar-refractivity contribution in [2.24, 2.45) is 5.92 Å². The molecular weight excluding hydrogens is 500 g/mol. The number of carbonyl (C=O) groups excluding carboxylic acids is 4. The Balaban J connectivity index is 2.11. The number of alkyl carbamates (subject to hydrolysis) is 1. The number of hydrogen-bond donors (Lipinski definition) is 2. The number of ether oxygens (including phenoxy) is 1. The minimum Gasteiger partial charge on any atom is -0.445 e. The number of amides is 4. The average molecular weight is 539 g/mol. The van der Waals surface area contributed by atoms with Crippen LogP contribution in [0.5, 0.6) is 0 Å². The third-order valence-corrected chi connectivity index (χ3v) is 6.74. The number of hydroxylamine groups is 2. The first-order valence-electron chi connectivity index (χ1n) is 12.6. The maximum absolute atomic E-state index is 13.4. The largest absolute Gasteiger partial charge is 0.445 e. The van der Waals surface area contributed by atoms with Crippen molar-refractivity contribution in [3.8, 4) is 0 Å². The summed E-state index contributed by atoms with van der Waals surface area (Å²) in [5, 5.41) is 6.95. The first-order valence-corrected chi connectivity index (χ1v) is 13.0. The quantitative estimate of drug-likeness (QED) is 0.394. The lowest BCUT2D eigenvalue weighted by Crippen LogP contribution is -2.54. The van der Waals surface area contributed by atoms with Crippen molar-refractivity contribution in [1.82, 2.24) is 20.6 Å². The number of halogens is 1. The van der Waals surface area contributed by atoms with E-state index in [-0.39, 0.29) is 31.3 Å². The van der Waals surface area contributed by atoms with Crippen LogP contribution < -0.4 is 10.6 Å². The minimum absolute atomic E-state index is 0.00342. The van der Waals surface area contributed by atoms with Crippen molar-refractivity contribution in [2.75, 3.05) is 28.3 Å². The lowest BCUT2D eigenvalue weighted by atomic mass is 9.84. The Morgan fingerprint density at radius 2 is 1.76 bits per heavy atom. The van der Waals surface area contributed by atoms with Gasteiger partial charge < -0.3 is 20.3 Å². The summed E-state index contributed by atoms with van der Waals surface area (Å²) < 4.78 is 5.33. The van der Waals surface area contributed by atoms with Gasteiger partial charge in [-0.3, -0.25) is 19.2 Å². The Kier molecular flexibility index (Phi) is 12.7. The summed E-state index contributed by atoms with van der Waals surface area (Å²) in [4.78, 5) is 57.4. The van der Waals surface area contributed by atoms with Crippen molar-refractivity contribution in [1.29, 1.82) is 0 Å². The fourth-order valence-electron chi connectivity index (χ4n) is 4.28. The van der Waals surface area contributed by atoms with Gasteiger partial charge in [-0.15, -0.1) is 0 Å². The molecule has 0 bridgehead atoms. The van der Waals surface area contributed by atoms with E-state index >= 15 is 0 Å². The maximum atomic E-state index is 13.4. The van der Waals surface area contributed by atoms with E-state index in [1.54, 1.807) is 38.4 Å². The Labute approximate surface area is 223 Å². The van der Waals surface area contributed by atoms with E-state index in [4.69, 9.17) is 21.2 Å². The number of hydrogen-bond acceptors (Lipinski definition) is 6. The molecule has 0 unspecified atom stereocenters. The molecule has 2 atom stereocenters. The van der Waals surface area contributed by atoms with Crippen LogP contribution in [-0.2, 0) is 30.6 Å². The second-order valence-electron chi connectivity index (χ2n) is 9.55. The highest BCUT2D eigenvalue weighted by molar-refractivity contribution is 6.30. The molecular formula is C26H39ClN4O6.